The Kier molecular flexibility index (Phi) is 2.47. The van der Waals surface area contributed by atoms with Crippen molar-refractivity contribution in [3.63, 3.8) is 0 Å². The van der Waals surface area contributed by atoms with E-state index in [-0.39, 0.29) is 5.76 Å². The Labute approximate surface area is 88.2 Å². The monoisotopic (exact) mass is 202 g/mol. The first-order valence-electron chi connectivity index (χ1n) is 4.87. The number of nitrogens with one attached hydrogen (secondary N) is 1. The van der Waals surface area contributed by atoms with E-state index in [1.807, 2.05) is 30.5 Å². The number of aromatic amines is 1. The second-order valence-corrected chi connectivity index (χ2v) is 3.66. The summed E-state index contributed by atoms with van der Waals surface area (Å²) < 4.78 is 0. The molecule has 0 saturated carbocycles. The molecule has 0 radical (unpaired) electrons. The number of aromatic nitrogens is 1. The maximum atomic E-state index is 9.16. The molecular formula is C12H14N2O. The standard InChI is InChI=1S/C12H14N2O/c1-8(15)11(13)6-9-7-14-12-5-3-2-4-10(9)12/h2-5,7,11,14-15H,1,6,13H2/t11-/m1/s1. The van der Waals surface area contributed by atoms with Crippen molar-refractivity contribution in [2.45, 2.75) is 12.5 Å². The number of fused-ring (bicyclic) bond motifs is 1. The first-order valence-corrected chi connectivity index (χ1v) is 4.87. The molecule has 1 heterocycles. The molecule has 0 amide bonds. The molecule has 3 nitrogen and oxygen atoms in total. The van der Waals surface area contributed by atoms with Gasteiger partial charge in [-0.15, -0.1) is 0 Å². The number of rotatable bonds is 3. The fourth-order valence-electron chi connectivity index (χ4n) is 1.66. The SMILES string of the molecule is C=C(O)[C@H](N)Cc1c[nH]c2ccccc12. The highest BCUT2D eigenvalue weighted by Gasteiger charge is 2.10. The summed E-state index contributed by atoms with van der Waals surface area (Å²) in [5.74, 6) is 0.0280. The van der Waals surface area contributed by atoms with Crippen LogP contribution in [0, 0.1) is 0 Å². The van der Waals surface area contributed by atoms with Crippen LogP contribution in [0.1, 0.15) is 5.56 Å². The summed E-state index contributed by atoms with van der Waals surface area (Å²) in [5, 5.41) is 10.3. The Morgan fingerprint density at radius 3 is 2.93 bits per heavy atom. The van der Waals surface area contributed by atoms with Gasteiger partial charge in [-0.25, -0.2) is 0 Å². The highest BCUT2D eigenvalue weighted by molar-refractivity contribution is 5.83. The molecule has 1 aromatic heterocycles. The van der Waals surface area contributed by atoms with Gasteiger partial charge in [0.2, 0.25) is 0 Å². The zero-order valence-electron chi connectivity index (χ0n) is 8.40. The van der Waals surface area contributed by atoms with Crippen molar-refractivity contribution in [1.82, 2.24) is 4.98 Å². The summed E-state index contributed by atoms with van der Waals surface area (Å²) in [6.07, 6.45) is 2.52. The number of benzene rings is 1. The summed E-state index contributed by atoms with van der Waals surface area (Å²) in [6.45, 7) is 3.44. The Balaban J connectivity index is 2.32. The lowest BCUT2D eigenvalue weighted by Gasteiger charge is -2.08. The van der Waals surface area contributed by atoms with Gasteiger partial charge in [-0.1, -0.05) is 24.8 Å². The lowest BCUT2D eigenvalue weighted by atomic mass is 10.0. The summed E-state index contributed by atoms with van der Waals surface area (Å²) >= 11 is 0. The van der Waals surface area contributed by atoms with E-state index < -0.39 is 6.04 Å². The molecule has 1 aromatic carbocycles. The van der Waals surface area contributed by atoms with Gasteiger partial charge in [0.1, 0.15) is 5.76 Å². The van der Waals surface area contributed by atoms with E-state index in [0.29, 0.717) is 6.42 Å². The second kappa shape index (κ2) is 3.79. The summed E-state index contributed by atoms with van der Waals surface area (Å²) in [4.78, 5) is 3.17. The van der Waals surface area contributed by atoms with Gasteiger partial charge in [-0.2, -0.15) is 0 Å². The molecule has 15 heavy (non-hydrogen) atoms. The van der Waals surface area contributed by atoms with Crippen LogP contribution >= 0.6 is 0 Å². The van der Waals surface area contributed by atoms with Gasteiger partial charge in [0.25, 0.3) is 0 Å². The van der Waals surface area contributed by atoms with Crippen LogP contribution in [0.4, 0.5) is 0 Å². The molecule has 0 saturated heterocycles. The van der Waals surface area contributed by atoms with Gasteiger partial charge in [-0.05, 0) is 18.1 Å². The molecule has 2 rings (SSSR count). The number of aliphatic hydroxyl groups is 1. The molecule has 3 heteroatoms. The average molecular weight is 202 g/mol. The Morgan fingerprint density at radius 1 is 1.47 bits per heavy atom. The van der Waals surface area contributed by atoms with Gasteiger partial charge in [0.05, 0.1) is 6.04 Å². The third-order valence-electron chi connectivity index (χ3n) is 2.54. The zero-order chi connectivity index (χ0) is 10.8. The minimum Gasteiger partial charge on any atom is -0.511 e. The lowest BCUT2D eigenvalue weighted by molar-refractivity contribution is 0.369. The van der Waals surface area contributed by atoms with Gasteiger partial charge < -0.3 is 15.8 Å². The Morgan fingerprint density at radius 2 is 2.20 bits per heavy atom. The van der Waals surface area contributed by atoms with Crippen molar-refractivity contribution in [3.05, 3.63) is 48.4 Å². The van der Waals surface area contributed by atoms with Crippen molar-refractivity contribution in [3.8, 4) is 0 Å². The fourth-order valence-corrected chi connectivity index (χ4v) is 1.66. The topological polar surface area (TPSA) is 62.0 Å². The molecule has 0 aliphatic heterocycles. The van der Waals surface area contributed by atoms with Crippen LogP contribution in [0.2, 0.25) is 0 Å². The van der Waals surface area contributed by atoms with E-state index in [0.717, 1.165) is 16.5 Å². The van der Waals surface area contributed by atoms with Crippen molar-refractivity contribution in [1.29, 1.82) is 0 Å². The van der Waals surface area contributed by atoms with Crippen LogP contribution in [0.25, 0.3) is 10.9 Å². The van der Waals surface area contributed by atoms with E-state index in [2.05, 4.69) is 11.6 Å². The lowest BCUT2D eigenvalue weighted by Crippen LogP contribution is -2.24. The van der Waals surface area contributed by atoms with Gasteiger partial charge in [0, 0.05) is 17.1 Å². The Hall–Kier alpha value is -1.74. The van der Waals surface area contributed by atoms with E-state index in [1.165, 1.54) is 0 Å². The number of para-hydroxylation sites is 1. The third kappa shape index (κ3) is 1.87. The highest BCUT2D eigenvalue weighted by atomic mass is 16.3. The van der Waals surface area contributed by atoms with Crippen molar-refractivity contribution in [2.24, 2.45) is 5.73 Å². The van der Waals surface area contributed by atoms with Crippen LogP contribution in [0.5, 0.6) is 0 Å². The molecule has 2 aromatic rings. The van der Waals surface area contributed by atoms with Crippen molar-refractivity contribution >= 4 is 10.9 Å². The molecule has 0 aliphatic carbocycles. The zero-order valence-corrected chi connectivity index (χ0v) is 8.40. The van der Waals surface area contributed by atoms with Crippen LogP contribution in [0.3, 0.4) is 0 Å². The second-order valence-electron chi connectivity index (χ2n) is 3.66. The molecule has 0 bridgehead atoms. The normalized spacial score (nSPS) is 12.9. The first-order chi connectivity index (χ1) is 7.18. The maximum absolute atomic E-state index is 9.16. The van der Waals surface area contributed by atoms with Crippen LogP contribution in [-0.4, -0.2) is 16.1 Å². The van der Waals surface area contributed by atoms with Gasteiger partial charge in [0.15, 0.2) is 0 Å². The van der Waals surface area contributed by atoms with E-state index in [1.54, 1.807) is 0 Å². The Bertz CT molecular complexity index is 487. The predicted octanol–water partition coefficient (Wildman–Crippen LogP) is 2.11. The van der Waals surface area contributed by atoms with E-state index >= 15 is 0 Å². The maximum Gasteiger partial charge on any atom is 0.102 e. The molecule has 0 fully saturated rings. The minimum atomic E-state index is -0.399. The van der Waals surface area contributed by atoms with Gasteiger partial charge >= 0.3 is 0 Å². The smallest absolute Gasteiger partial charge is 0.102 e. The van der Waals surface area contributed by atoms with E-state index in [9.17, 15) is 0 Å². The third-order valence-corrected chi connectivity index (χ3v) is 2.54. The molecule has 1 atom stereocenters. The largest absolute Gasteiger partial charge is 0.511 e. The number of aliphatic hydroxyl groups excluding tert-OH is 1. The summed E-state index contributed by atoms with van der Waals surface area (Å²) in [7, 11) is 0. The van der Waals surface area contributed by atoms with Crippen LogP contribution in [-0.2, 0) is 6.42 Å². The number of hydrogen-bond donors (Lipinski definition) is 3. The predicted molar refractivity (Wildman–Crippen MR) is 61.7 cm³/mol. The number of H-pyrrole nitrogens is 1. The van der Waals surface area contributed by atoms with Crippen LogP contribution < -0.4 is 5.73 Å². The molecule has 0 aliphatic rings. The first kappa shape index (κ1) is 9.80. The molecule has 0 unspecified atom stereocenters. The minimum absolute atomic E-state index is 0.0280. The number of hydrogen-bond acceptors (Lipinski definition) is 2. The molecule has 0 spiro atoms. The fraction of sp³-hybridized carbons (Fsp3) is 0.167. The highest BCUT2D eigenvalue weighted by Crippen LogP contribution is 2.19. The molecular weight excluding hydrogens is 188 g/mol. The summed E-state index contributed by atoms with van der Waals surface area (Å²) in [5.41, 5.74) is 7.93. The number of nitrogens with two attached hydrogens (primary N) is 1. The van der Waals surface area contributed by atoms with Gasteiger partial charge in [-0.3, -0.25) is 0 Å². The quantitative estimate of drug-likeness (QED) is 0.667. The van der Waals surface area contributed by atoms with Crippen LogP contribution in [0.15, 0.2) is 42.8 Å². The molecule has 4 N–H and O–H groups in total. The summed E-state index contributed by atoms with van der Waals surface area (Å²) in [6, 6.07) is 7.61. The van der Waals surface area contributed by atoms with E-state index in [4.69, 9.17) is 10.8 Å². The van der Waals surface area contributed by atoms with Crippen molar-refractivity contribution < 1.29 is 5.11 Å². The molecule has 78 valence electrons. The average Bonchev–Trinajstić information content (AvgIpc) is 2.62. The van der Waals surface area contributed by atoms with Crippen molar-refractivity contribution in [2.75, 3.05) is 0 Å².